The first-order valence-corrected chi connectivity index (χ1v) is 12.6. The van der Waals surface area contributed by atoms with Crippen LogP contribution in [0.5, 0.6) is 0 Å². The number of amides is 1. The van der Waals surface area contributed by atoms with Crippen molar-refractivity contribution in [1.82, 2.24) is 19.8 Å². The highest BCUT2D eigenvalue weighted by Crippen LogP contribution is 2.30. The molecular weight excluding hydrogens is 446 g/mol. The van der Waals surface area contributed by atoms with E-state index >= 15 is 0 Å². The highest BCUT2D eigenvalue weighted by atomic mass is 35.5. The standard InChI is InChI=1S/C27H34ClN5O/c1-4-31-14-16-32(17-15-31)25(34)12-13-33(19-20(2)3)27-23-11-10-22(28)18-24(23)29-26(30-27)21-8-6-5-7-9-21/h5-11,18,20H,4,12-17,19H2,1-3H3. The van der Waals surface area contributed by atoms with E-state index in [1.54, 1.807) is 0 Å². The fraction of sp³-hybridized carbons (Fsp3) is 0.444. The van der Waals surface area contributed by atoms with Crippen molar-refractivity contribution in [3.05, 3.63) is 53.6 Å². The molecule has 0 bridgehead atoms. The number of nitrogens with zero attached hydrogens (tertiary/aromatic N) is 5. The van der Waals surface area contributed by atoms with Crippen molar-refractivity contribution in [2.75, 3.05) is 50.7 Å². The van der Waals surface area contributed by atoms with Gasteiger partial charge >= 0.3 is 0 Å². The molecule has 1 amide bonds. The van der Waals surface area contributed by atoms with Crippen molar-refractivity contribution in [3.8, 4) is 11.4 Å². The molecule has 0 spiro atoms. The molecule has 6 nitrogen and oxygen atoms in total. The Balaban J connectivity index is 1.63. The van der Waals surface area contributed by atoms with Crippen LogP contribution in [0.3, 0.4) is 0 Å². The number of hydrogen-bond acceptors (Lipinski definition) is 5. The van der Waals surface area contributed by atoms with E-state index in [1.165, 1.54) is 0 Å². The third kappa shape index (κ3) is 5.86. The predicted octanol–water partition coefficient (Wildman–Crippen LogP) is 4.97. The lowest BCUT2D eigenvalue weighted by molar-refractivity contribution is -0.132. The third-order valence-electron chi connectivity index (χ3n) is 6.32. The van der Waals surface area contributed by atoms with Gasteiger partial charge < -0.3 is 14.7 Å². The van der Waals surface area contributed by atoms with E-state index < -0.39 is 0 Å². The van der Waals surface area contributed by atoms with Crippen LogP contribution < -0.4 is 4.90 Å². The van der Waals surface area contributed by atoms with E-state index in [-0.39, 0.29) is 5.91 Å². The van der Waals surface area contributed by atoms with Crippen LogP contribution >= 0.6 is 11.6 Å². The Morgan fingerprint density at radius 3 is 2.47 bits per heavy atom. The Morgan fingerprint density at radius 1 is 1.06 bits per heavy atom. The maximum Gasteiger partial charge on any atom is 0.224 e. The van der Waals surface area contributed by atoms with Gasteiger partial charge in [0, 0.05) is 61.7 Å². The van der Waals surface area contributed by atoms with Gasteiger partial charge in [-0.05, 0) is 30.7 Å². The van der Waals surface area contributed by atoms with Crippen molar-refractivity contribution >= 4 is 34.2 Å². The number of piperazine rings is 1. The maximum atomic E-state index is 13.0. The molecule has 1 aromatic heterocycles. The van der Waals surface area contributed by atoms with Gasteiger partial charge in [0.2, 0.25) is 5.91 Å². The number of carbonyl (C=O) groups is 1. The van der Waals surface area contributed by atoms with Crippen molar-refractivity contribution in [2.24, 2.45) is 5.92 Å². The SMILES string of the molecule is CCN1CCN(C(=O)CCN(CC(C)C)c2nc(-c3ccccc3)nc3cc(Cl)ccc23)CC1. The van der Waals surface area contributed by atoms with Gasteiger partial charge in [-0.2, -0.15) is 0 Å². The minimum atomic E-state index is 0.217. The number of anilines is 1. The van der Waals surface area contributed by atoms with E-state index in [2.05, 4.69) is 30.6 Å². The number of halogens is 1. The van der Waals surface area contributed by atoms with Gasteiger partial charge in [0.15, 0.2) is 5.82 Å². The molecule has 7 heteroatoms. The van der Waals surface area contributed by atoms with Crippen LogP contribution in [-0.4, -0.2) is 71.5 Å². The van der Waals surface area contributed by atoms with Crippen molar-refractivity contribution < 1.29 is 4.79 Å². The molecule has 2 aromatic carbocycles. The second-order valence-electron chi connectivity index (χ2n) is 9.30. The summed E-state index contributed by atoms with van der Waals surface area (Å²) in [5.74, 6) is 2.16. The van der Waals surface area contributed by atoms with E-state index in [4.69, 9.17) is 21.6 Å². The zero-order valence-corrected chi connectivity index (χ0v) is 21.1. The molecule has 1 aliphatic rings. The maximum absolute atomic E-state index is 13.0. The lowest BCUT2D eigenvalue weighted by Gasteiger charge is -2.35. The van der Waals surface area contributed by atoms with E-state index in [1.807, 2.05) is 53.4 Å². The number of rotatable bonds is 8. The summed E-state index contributed by atoms with van der Waals surface area (Å²) >= 11 is 6.32. The Bertz CT molecular complexity index is 1110. The van der Waals surface area contributed by atoms with Gasteiger partial charge in [0.1, 0.15) is 5.82 Å². The second-order valence-corrected chi connectivity index (χ2v) is 9.74. The highest BCUT2D eigenvalue weighted by molar-refractivity contribution is 6.31. The Labute approximate surface area is 207 Å². The smallest absolute Gasteiger partial charge is 0.224 e. The van der Waals surface area contributed by atoms with Crippen LogP contribution in [0.4, 0.5) is 5.82 Å². The first-order chi connectivity index (χ1) is 16.4. The summed E-state index contributed by atoms with van der Waals surface area (Å²) in [6.45, 7) is 12.5. The Kier molecular flexibility index (Phi) is 8.01. The third-order valence-corrected chi connectivity index (χ3v) is 6.56. The topological polar surface area (TPSA) is 52.6 Å². The largest absolute Gasteiger partial charge is 0.355 e. The molecule has 0 saturated carbocycles. The summed E-state index contributed by atoms with van der Waals surface area (Å²) in [5.41, 5.74) is 1.77. The molecule has 180 valence electrons. The quantitative estimate of drug-likeness (QED) is 0.456. The summed E-state index contributed by atoms with van der Waals surface area (Å²) in [6.07, 6.45) is 0.471. The van der Waals surface area contributed by atoms with Crippen LogP contribution in [0.1, 0.15) is 27.2 Å². The normalized spacial score (nSPS) is 14.7. The summed E-state index contributed by atoms with van der Waals surface area (Å²) in [7, 11) is 0. The molecule has 0 atom stereocenters. The first-order valence-electron chi connectivity index (χ1n) is 12.2. The van der Waals surface area contributed by atoms with Gasteiger partial charge in [-0.1, -0.05) is 62.7 Å². The van der Waals surface area contributed by atoms with Crippen LogP contribution in [0.25, 0.3) is 22.3 Å². The van der Waals surface area contributed by atoms with Crippen LogP contribution in [0.15, 0.2) is 48.5 Å². The number of benzene rings is 2. The summed E-state index contributed by atoms with van der Waals surface area (Å²) in [4.78, 5) is 29.5. The van der Waals surface area contributed by atoms with Crippen molar-refractivity contribution in [2.45, 2.75) is 27.2 Å². The monoisotopic (exact) mass is 479 g/mol. The fourth-order valence-electron chi connectivity index (χ4n) is 4.47. The number of fused-ring (bicyclic) bond motifs is 1. The summed E-state index contributed by atoms with van der Waals surface area (Å²) < 4.78 is 0. The van der Waals surface area contributed by atoms with Gasteiger partial charge in [0.05, 0.1) is 5.52 Å². The molecular formula is C27H34ClN5O. The van der Waals surface area contributed by atoms with Crippen molar-refractivity contribution in [1.29, 1.82) is 0 Å². The van der Waals surface area contributed by atoms with Gasteiger partial charge in [-0.15, -0.1) is 0 Å². The molecule has 0 aliphatic carbocycles. The molecule has 0 unspecified atom stereocenters. The lowest BCUT2D eigenvalue weighted by atomic mass is 10.1. The molecule has 34 heavy (non-hydrogen) atoms. The number of likely N-dealkylation sites (N-methyl/N-ethyl adjacent to an activating group) is 1. The fourth-order valence-corrected chi connectivity index (χ4v) is 4.64. The molecule has 1 fully saturated rings. The Morgan fingerprint density at radius 2 is 1.79 bits per heavy atom. The van der Waals surface area contributed by atoms with Crippen LogP contribution in [0, 0.1) is 5.92 Å². The lowest BCUT2D eigenvalue weighted by Crippen LogP contribution is -2.49. The minimum absolute atomic E-state index is 0.217. The zero-order valence-electron chi connectivity index (χ0n) is 20.4. The zero-order chi connectivity index (χ0) is 24.1. The number of carbonyl (C=O) groups excluding carboxylic acids is 1. The van der Waals surface area contributed by atoms with E-state index in [0.717, 1.165) is 61.6 Å². The number of aromatic nitrogens is 2. The molecule has 0 radical (unpaired) electrons. The summed E-state index contributed by atoms with van der Waals surface area (Å²) in [5, 5.41) is 1.60. The van der Waals surface area contributed by atoms with Crippen LogP contribution in [-0.2, 0) is 4.79 Å². The summed E-state index contributed by atoms with van der Waals surface area (Å²) in [6, 6.07) is 15.8. The molecule has 1 saturated heterocycles. The van der Waals surface area contributed by atoms with E-state index in [0.29, 0.717) is 29.7 Å². The minimum Gasteiger partial charge on any atom is -0.355 e. The molecule has 0 N–H and O–H groups in total. The molecule has 3 aromatic rings. The van der Waals surface area contributed by atoms with Gasteiger partial charge in [-0.3, -0.25) is 4.79 Å². The molecule has 2 heterocycles. The Hall–Kier alpha value is -2.70. The van der Waals surface area contributed by atoms with E-state index in [9.17, 15) is 4.79 Å². The average molecular weight is 480 g/mol. The molecule has 4 rings (SSSR count). The van der Waals surface area contributed by atoms with Gasteiger partial charge in [-0.25, -0.2) is 9.97 Å². The predicted molar refractivity (Wildman–Crippen MR) is 140 cm³/mol. The van der Waals surface area contributed by atoms with Crippen LogP contribution in [0.2, 0.25) is 5.02 Å². The average Bonchev–Trinajstić information content (AvgIpc) is 2.85. The van der Waals surface area contributed by atoms with Gasteiger partial charge in [0.25, 0.3) is 0 Å². The molecule has 1 aliphatic heterocycles. The highest BCUT2D eigenvalue weighted by Gasteiger charge is 2.22. The number of hydrogen-bond donors (Lipinski definition) is 0. The second kappa shape index (κ2) is 11.2. The first kappa shape index (κ1) is 24.4. The van der Waals surface area contributed by atoms with Crippen molar-refractivity contribution in [3.63, 3.8) is 0 Å².